The van der Waals surface area contributed by atoms with Crippen LogP contribution < -0.4 is 0 Å². The van der Waals surface area contributed by atoms with Gasteiger partial charge in [0.05, 0.1) is 7.85 Å². The van der Waals surface area contributed by atoms with Gasteiger partial charge in [0.1, 0.15) is 0 Å². The molecule has 0 atom stereocenters. The zero-order valence-corrected chi connectivity index (χ0v) is 8.69. The van der Waals surface area contributed by atoms with Gasteiger partial charge < -0.3 is 5.32 Å². The summed E-state index contributed by atoms with van der Waals surface area (Å²) in [5, 5.41) is 3.50. The van der Waals surface area contributed by atoms with E-state index in [0.29, 0.717) is 0 Å². The minimum Gasteiger partial charge on any atom is -0.668 e. The molecule has 9 heavy (non-hydrogen) atoms. The smallest absolute Gasteiger partial charge is 0.0606 e. The van der Waals surface area contributed by atoms with Crippen LogP contribution in [0.4, 0.5) is 0 Å². The second-order valence-electron chi connectivity index (χ2n) is 0.447. The van der Waals surface area contributed by atoms with Gasteiger partial charge in [-0.3, -0.25) is 0 Å². The Balaban J connectivity index is -0.00000000357. The third kappa shape index (κ3) is 392. The van der Waals surface area contributed by atoms with Crippen LogP contribution in [0.3, 0.4) is 0 Å². The molecule has 0 saturated heterocycles. The van der Waals surface area contributed by atoms with Crippen LogP contribution in [0.5, 0.6) is 0 Å². The molecule has 0 aromatic heterocycles. The van der Waals surface area contributed by atoms with Crippen molar-refractivity contribution in [3.63, 3.8) is 0 Å². The molecule has 1 nitrogen and oxygen atoms in total. The molecule has 58 valence electrons. The van der Waals surface area contributed by atoms with Crippen molar-refractivity contribution in [2.75, 3.05) is 14.1 Å². The maximum atomic E-state index is 4.50. The van der Waals surface area contributed by atoms with Gasteiger partial charge in [0, 0.05) is 31.1 Å². The molecule has 0 N–H and O–H groups in total. The molecule has 0 spiro atoms. The van der Waals surface area contributed by atoms with E-state index in [1.54, 1.807) is 14.1 Å². The van der Waals surface area contributed by atoms with Crippen LogP contribution in [0.25, 0.3) is 5.32 Å². The fourth-order valence-electron chi connectivity index (χ4n) is 0. The summed E-state index contributed by atoms with van der Waals surface area (Å²) in [7, 11) is 8.00. The second-order valence-corrected chi connectivity index (χ2v) is 0.447. The fraction of sp³-hybridized carbons (Fsp3) is 1.00. The van der Waals surface area contributed by atoms with Crippen LogP contribution in [0.15, 0.2) is 0 Å². The van der Waals surface area contributed by atoms with Gasteiger partial charge >= 0.3 is 0 Å². The summed E-state index contributed by atoms with van der Waals surface area (Å²) in [6.45, 7) is 1.50. The quantitative estimate of drug-likeness (QED) is 0.593. The molecule has 0 aliphatic carbocycles. The van der Waals surface area contributed by atoms with Gasteiger partial charge in [-0.25, -0.2) is 0 Å². The SMILES string of the molecule is C.C.C.C[N-]C.[B]C.[U]. The normalized spacial score (nSPS) is 2.56. The molecule has 0 aromatic rings. The molecular formula is C6H21BNU-. The van der Waals surface area contributed by atoms with Crippen molar-refractivity contribution in [2.24, 2.45) is 0 Å². The van der Waals surface area contributed by atoms with Crippen LogP contribution >= 0.6 is 0 Å². The predicted octanol–water partition coefficient (Wildman–Crippen LogP) is 2.73. The molecule has 0 bridgehead atoms. The summed E-state index contributed by atoms with van der Waals surface area (Å²) in [5.74, 6) is 0. The number of rotatable bonds is 0. The number of hydrogen-bond donors (Lipinski definition) is 0. The first-order valence-corrected chi connectivity index (χ1v) is 1.47. The predicted molar refractivity (Wildman–Crippen MR) is 47.0 cm³/mol. The van der Waals surface area contributed by atoms with Gasteiger partial charge in [0.25, 0.3) is 0 Å². The van der Waals surface area contributed by atoms with Gasteiger partial charge in [0.15, 0.2) is 0 Å². The van der Waals surface area contributed by atoms with Crippen LogP contribution in [0.2, 0.25) is 6.82 Å². The molecule has 2 radical (unpaired) electrons. The van der Waals surface area contributed by atoms with Crippen molar-refractivity contribution in [2.45, 2.75) is 29.1 Å². The summed E-state index contributed by atoms with van der Waals surface area (Å²) in [6.07, 6.45) is 0. The maximum absolute atomic E-state index is 4.50. The van der Waals surface area contributed by atoms with E-state index in [2.05, 4.69) is 13.2 Å². The average Bonchev–Trinajstić information content (AvgIpc) is 1.46. The first kappa shape index (κ1) is 50.0. The Hall–Kier alpha value is 1.08. The first-order valence-electron chi connectivity index (χ1n) is 1.47. The van der Waals surface area contributed by atoms with E-state index in [1.807, 2.05) is 0 Å². The Bertz CT molecular complexity index is 13.0. The van der Waals surface area contributed by atoms with Crippen molar-refractivity contribution < 1.29 is 31.1 Å². The average molecular weight is 356 g/mol. The van der Waals surface area contributed by atoms with Crippen LogP contribution in [-0.2, 0) is 0 Å². The van der Waals surface area contributed by atoms with Gasteiger partial charge in [0.2, 0.25) is 0 Å². The molecule has 0 aliphatic heterocycles. The molecule has 0 aromatic carbocycles. The molecule has 0 heterocycles. The molecule has 0 amide bonds. The molecule has 0 unspecified atom stereocenters. The zero-order chi connectivity index (χ0) is 4.71. The van der Waals surface area contributed by atoms with E-state index in [1.165, 1.54) is 6.82 Å². The van der Waals surface area contributed by atoms with Gasteiger partial charge in [-0.05, 0) is 0 Å². The second kappa shape index (κ2) is 137. The third-order valence-corrected chi connectivity index (χ3v) is 0. The molecule has 0 fully saturated rings. The third-order valence-electron chi connectivity index (χ3n) is 0. The molecule has 0 saturated carbocycles. The van der Waals surface area contributed by atoms with Crippen molar-refractivity contribution in [3.05, 3.63) is 5.32 Å². The Morgan fingerprint density at radius 1 is 0.889 bits per heavy atom. The Morgan fingerprint density at radius 2 is 0.889 bits per heavy atom. The molecule has 3 heteroatoms. The van der Waals surface area contributed by atoms with E-state index in [0.717, 1.165) is 0 Å². The van der Waals surface area contributed by atoms with Crippen molar-refractivity contribution in [3.8, 4) is 0 Å². The van der Waals surface area contributed by atoms with E-state index >= 15 is 0 Å². The minimum atomic E-state index is 0. The topological polar surface area (TPSA) is 14.1 Å². The van der Waals surface area contributed by atoms with Gasteiger partial charge in [-0.15, -0.1) is 0 Å². The zero-order valence-electron chi connectivity index (χ0n) is 4.52. The Kier molecular flexibility index (Phi) is 762. The van der Waals surface area contributed by atoms with Gasteiger partial charge in [-0.2, -0.15) is 14.1 Å². The Labute approximate surface area is 87.2 Å². The Morgan fingerprint density at radius 3 is 0.889 bits per heavy atom. The summed E-state index contributed by atoms with van der Waals surface area (Å²) < 4.78 is 0. The van der Waals surface area contributed by atoms with Crippen molar-refractivity contribution >= 4 is 7.85 Å². The minimum absolute atomic E-state index is 0. The monoisotopic (exact) mass is 356 g/mol. The van der Waals surface area contributed by atoms with Crippen molar-refractivity contribution in [1.82, 2.24) is 0 Å². The summed E-state index contributed by atoms with van der Waals surface area (Å²) in [6, 6.07) is 0. The number of nitrogens with zero attached hydrogens (tertiary/aromatic N) is 1. The van der Waals surface area contributed by atoms with Crippen LogP contribution in [-0.4, -0.2) is 21.9 Å². The summed E-state index contributed by atoms with van der Waals surface area (Å²) in [5.41, 5.74) is 0. The maximum Gasteiger partial charge on any atom is 0.0606 e. The summed E-state index contributed by atoms with van der Waals surface area (Å²) >= 11 is 0. The van der Waals surface area contributed by atoms with Gasteiger partial charge in [-0.1, -0.05) is 29.1 Å². The fourth-order valence-corrected chi connectivity index (χ4v) is 0. The summed E-state index contributed by atoms with van der Waals surface area (Å²) in [4.78, 5) is 0. The van der Waals surface area contributed by atoms with E-state index in [4.69, 9.17) is 0 Å². The van der Waals surface area contributed by atoms with E-state index in [-0.39, 0.29) is 53.4 Å². The van der Waals surface area contributed by atoms with Crippen LogP contribution in [0, 0.1) is 31.1 Å². The molecular weight excluding hydrogens is 335 g/mol. The van der Waals surface area contributed by atoms with E-state index < -0.39 is 0 Å². The molecule has 0 rings (SSSR count). The van der Waals surface area contributed by atoms with E-state index in [9.17, 15) is 0 Å². The molecule has 0 aliphatic rings. The first-order chi connectivity index (χ1) is 2.41. The van der Waals surface area contributed by atoms with Crippen LogP contribution in [0.1, 0.15) is 22.3 Å². The standard InChI is InChI=1S/C2H6N.CH3B.3CH4.U/c1-3-2;1-2;;;;/h1-2H3;1H3;3*1H4;/q-1;;;;;. The largest absolute Gasteiger partial charge is 0.668 e. The van der Waals surface area contributed by atoms with Crippen molar-refractivity contribution in [1.29, 1.82) is 0 Å². The number of hydrogen-bond acceptors (Lipinski definition) is 0.